The van der Waals surface area contributed by atoms with Gasteiger partial charge in [-0.25, -0.2) is 9.97 Å². The molecule has 1 amide bonds. The number of aryl methyl sites for hydroxylation is 2. The summed E-state index contributed by atoms with van der Waals surface area (Å²) in [7, 11) is 0. The lowest BCUT2D eigenvalue weighted by Crippen LogP contribution is -2.26. The van der Waals surface area contributed by atoms with Gasteiger partial charge in [0.15, 0.2) is 0 Å². The first-order valence-electron chi connectivity index (χ1n) is 14.2. The number of aromatic nitrogens is 3. The number of benzene rings is 2. The summed E-state index contributed by atoms with van der Waals surface area (Å²) in [6.45, 7) is 9.05. The lowest BCUT2D eigenvalue weighted by molar-refractivity contribution is 0.102. The van der Waals surface area contributed by atoms with Gasteiger partial charge in [0.25, 0.3) is 5.91 Å². The van der Waals surface area contributed by atoms with E-state index in [9.17, 15) is 4.79 Å². The number of hydrogen-bond acceptors (Lipinski definition) is 6. The molecule has 1 fully saturated rings. The Bertz CT molecular complexity index is 1520. The predicted octanol–water partition coefficient (Wildman–Crippen LogP) is 6.81. The maximum absolute atomic E-state index is 13.3. The second-order valence-corrected chi connectivity index (χ2v) is 11.4. The van der Waals surface area contributed by atoms with Crippen LogP contribution in [0.3, 0.4) is 0 Å². The van der Waals surface area contributed by atoms with E-state index in [1.54, 1.807) is 18.6 Å². The minimum Gasteiger partial charge on any atom is -0.324 e. The molecule has 2 aromatic carbocycles. The zero-order chi connectivity index (χ0) is 27.6. The van der Waals surface area contributed by atoms with Gasteiger partial charge in [0, 0.05) is 53.7 Å². The SMILES string of the molecule is Cc1ccc(NC(=O)c2ccc3c(c2)CCC3N2CC[C@H](C(C)C)C2)cc1Nc1nccc(-c2cccnc2)n1. The van der Waals surface area contributed by atoms with Crippen molar-refractivity contribution >= 4 is 23.2 Å². The highest BCUT2D eigenvalue weighted by Gasteiger charge is 2.34. The number of anilines is 3. The van der Waals surface area contributed by atoms with Gasteiger partial charge in [-0.2, -0.15) is 0 Å². The molecule has 1 aliphatic heterocycles. The molecule has 7 nitrogen and oxygen atoms in total. The van der Waals surface area contributed by atoms with Gasteiger partial charge in [-0.3, -0.25) is 14.7 Å². The summed E-state index contributed by atoms with van der Waals surface area (Å²) in [6, 6.07) is 18.3. The molecule has 0 saturated carbocycles. The normalized spacial score (nSPS) is 18.6. The van der Waals surface area contributed by atoms with E-state index in [2.05, 4.69) is 56.5 Å². The number of pyridine rings is 1. The highest BCUT2D eigenvalue weighted by Crippen LogP contribution is 2.40. The van der Waals surface area contributed by atoms with Crippen molar-refractivity contribution in [2.75, 3.05) is 23.7 Å². The number of hydrogen-bond donors (Lipinski definition) is 2. The fourth-order valence-corrected chi connectivity index (χ4v) is 6.01. The first-order chi connectivity index (χ1) is 19.4. The van der Waals surface area contributed by atoms with Crippen LogP contribution in [-0.4, -0.2) is 38.8 Å². The van der Waals surface area contributed by atoms with Gasteiger partial charge >= 0.3 is 0 Å². The van der Waals surface area contributed by atoms with E-state index >= 15 is 0 Å². The maximum Gasteiger partial charge on any atom is 0.255 e. The Morgan fingerprint density at radius 3 is 2.75 bits per heavy atom. The molecular weight excluding hydrogens is 496 g/mol. The standard InChI is InChI=1S/C33H36N6O/c1-21(2)26-13-16-39(20-26)31-11-8-23-17-24(7-10-28(23)31)32(40)36-27-9-6-22(3)30(18-27)38-33-35-15-12-29(37-33)25-5-4-14-34-19-25/h4-7,9-10,12,14-15,17-19,21,26,31H,8,11,13,16,20H2,1-3H3,(H,36,40)(H,35,37,38)/t26-,31?/m0/s1. The molecule has 0 spiro atoms. The van der Waals surface area contributed by atoms with Crippen LogP contribution < -0.4 is 10.6 Å². The van der Waals surface area contributed by atoms with Crippen LogP contribution in [0.5, 0.6) is 0 Å². The third-order valence-corrected chi connectivity index (χ3v) is 8.45. The molecule has 0 radical (unpaired) electrons. The number of carbonyl (C=O) groups is 1. The number of carbonyl (C=O) groups excluding carboxylic acids is 1. The molecule has 0 bridgehead atoms. The van der Waals surface area contributed by atoms with Crippen molar-refractivity contribution in [2.24, 2.45) is 11.8 Å². The smallest absolute Gasteiger partial charge is 0.255 e. The second kappa shape index (κ2) is 11.2. The Balaban J connectivity index is 1.14. The van der Waals surface area contributed by atoms with Crippen molar-refractivity contribution in [1.82, 2.24) is 19.9 Å². The molecule has 2 aliphatic rings. The highest BCUT2D eigenvalue weighted by molar-refractivity contribution is 6.04. The van der Waals surface area contributed by atoms with Gasteiger partial charge in [-0.1, -0.05) is 26.0 Å². The minimum absolute atomic E-state index is 0.100. The number of amides is 1. The molecule has 2 N–H and O–H groups in total. The fourth-order valence-electron chi connectivity index (χ4n) is 6.01. The lowest BCUT2D eigenvalue weighted by atomic mass is 9.95. The molecule has 40 heavy (non-hydrogen) atoms. The number of nitrogens with one attached hydrogen (secondary N) is 2. The molecule has 2 aromatic heterocycles. The summed E-state index contributed by atoms with van der Waals surface area (Å²) in [6.07, 6.45) is 8.70. The Labute approximate surface area is 236 Å². The van der Waals surface area contributed by atoms with Gasteiger partial charge < -0.3 is 10.6 Å². The van der Waals surface area contributed by atoms with Crippen LogP contribution in [0.2, 0.25) is 0 Å². The van der Waals surface area contributed by atoms with E-state index in [1.165, 1.54) is 30.6 Å². The van der Waals surface area contributed by atoms with Crippen molar-refractivity contribution in [1.29, 1.82) is 0 Å². The third-order valence-electron chi connectivity index (χ3n) is 8.45. The fraction of sp³-hybridized carbons (Fsp3) is 0.333. The van der Waals surface area contributed by atoms with Crippen molar-refractivity contribution < 1.29 is 4.79 Å². The summed E-state index contributed by atoms with van der Waals surface area (Å²) in [4.78, 5) is 29.1. The van der Waals surface area contributed by atoms with E-state index in [0.29, 0.717) is 17.6 Å². The average Bonchev–Trinajstić information content (AvgIpc) is 3.63. The number of nitrogens with zero attached hydrogens (tertiary/aromatic N) is 4. The zero-order valence-corrected chi connectivity index (χ0v) is 23.4. The molecule has 1 saturated heterocycles. The molecular formula is C33H36N6O. The van der Waals surface area contributed by atoms with Crippen LogP contribution in [0, 0.1) is 18.8 Å². The van der Waals surface area contributed by atoms with Crippen molar-refractivity contribution in [3.63, 3.8) is 0 Å². The van der Waals surface area contributed by atoms with E-state index in [4.69, 9.17) is 0 Å². The van der Waals surface area contributed by atoms with Crippen molar-refractivity contribution in [2.45, 2.75) is 46.1 Å². The van der Waals surface area contributed by atoms with E-state index in [-0.39, 0.29) is 5.91 Å². The van der Waals surface area contributed by atoms with Crippen LogP contribution >= 0.6 is 0 Å². The van der Waals surface area contributed by atoms with Gasteiger partial charge in [0.05, 0.1) is 5.69 Å². The molecule has 4 aromatic rings. The van der Waals surface area contributed by atoms with Gasteiger partial charge in [0.1, 0.15) is 0 Å². The molecule has 3 heterocycles. The largest absolute Gasteiger partial charge is 0.324 e. The quantitative estimate of drug-likeness (QED) is 0.272. The Morgan fingerprint density at radius 2 is 1.95 bits per heavy atom. The zero-order valence-electron chi connectivity index (χ0n) is 23.4. The topological polar surface area (TPSA) is 83.0 Å². The second-order valence-electron chi connectivity index (χ2n) is 11.4. The summed E-state index contributed by atoms with van der Waals surface area (Å²) < 4.78 is 0. The first kappa shape index (κ1) is 26.1. The van der Waals surface area contributed by atoms with E-state index < -0.39 is 0 Å². The Kier molecular flexibility index (Phi) is 7.30. The monoisotopic (exact) mass is 532 g/mol. The van der Waals surface area contributed by atoms with Crippen LogP contribution in [0.1, 0.15) is 59.8 Å². The van der Waals surface area contributed by atoms with E-state index in [0.717, 1.165) is 52.9 Å². The molecule has 7 heteroatoms. The number of rotatable bonds is 7. The summed E-state index contributed by atoms with van der Waals surface area (Å²) >= 11 is 0. The van der Waals surface area contributed by atoms with Crippen LogP contribution in [0.4, 0.5) is 17.3 Å². The molecule has 6 rings (SSSR count). The molecule has 1 aliphatic carbocycles. The summed E-state index contributed by atoms with van der Waals surface area (Å²) in [5, 5.41) is 6.40. The van der Waals surface area contributed by atoms with Gasteiger partial charge in [-0.05, 0) is 104 Å². The number of likely N-dealkylation sites (tertiary alicyclic amines) is 1. The van der Waals surface area contributed by atoms with Crippen molar-refractivity contribution in [3.05, 3.63) is 95.4 Å². The van der Waals surface area contributed by atoms with Gasteiger partial charge in [0.2, 0.25) is 5.95 Å². The molecule has 2 atom stereocenters. The highest BCUT2D eigenvalue weighted by atomic mass is 16.1. The van der Waals surface area contributed by atoms with Gasteiger partial charge in [-0.15, -0.1) is 0 Å². The summed E-state index contributed by atoms with van der Waals surface area (Å²) in [5.41, 5.74) is 7.70. The maximum atomic E-state index is 13.3. The third kappa shape index (κ3) is 5.47. The summed E-state index contributed by atoms with van der Waals surface area (Å²) in [5.74, 6) is 1.91. The minimum atomic E-state index is -0.100. The lowest BCUT2D eigenvalue weighted by Gasteiger charge is -2.25. The van der Waals surface area contributed by atoms with Crippen LogP contribution in [-0.2, 0) is 6.42 Å². The average molecular weight is 533 g/mol. The number of fused-ring (bicyclic) bond motifs is 1. The van der Waals surface area contributed by atoms with Crippen LogP contribution in [0.15, 0.2) is 73.2 Å². The first-order valence-corrected chi connectivity index (χ1v) is 14.2. The Morgan fingerprint density at radius 1 is 1.05 bits per heavy atom. The predicted molar refractivity (Wildman–Crippen MR) is 160 cm³/mol. The van der Waals surface area contributed by atoms with E-state index in [1.807, 2.05) is 49.4 Å². The van der Waals surface area contributed by atoms with Crippen LogP contribution in [0.25, 0.3) is 11.3 Å². The molecule has 1 unspecified atom stereocenters. The van der Waals surface area contributed by atoms with Crippen molar-refractivity contribution in [3.8, 4) is 11.3 Å². The molecule has 204 valence electrons. The Hall–Kier alpha value is -4.10.